The van der Waals surface area contributed by atoms with Crippen LogP contribution in [0.4, 0.5) is 39.5 Å². The zero-order valence-electron chi connectivity index (χ0n) is 13.8. The molecule has 3 aromatic carbocycles. The molecule has 0 saturated heterocycles. The Morgan fingerprint density at radius 3 is 1.59 bits per heavy atom. The molecule has 0 spiro atoms. The molecule has 0 aromatic heterocycles. The van der Waals surface area contributed by atoms with E-state index in [1.807, 2.05) is 0 Å². The van der Waals surface area contributed by atoms with Crippen molar-refractivity contribution >= 4 is 21.5 Å². The minimum atomic E-state index is -6.80. The molecule has 0 amide bonds. The lowest BCUT2D eigenvalue weighted by atomic mass is 9.75. The van der Waals surface area contributed by atoms with Crippen LogP contribution in [0.5, 0.6) is 11.5 Å². The van der Waals surface area contributed by atoms with Crippen molar-refractivity contribution in [2.45, 2.75) is 23.9 Å². The van der Waals surface area contributed by atoms with Gasteiger partial charge in [-0.3, -0.25) is 0 Å². The third-order valence-corrected chi connectivity index (χ3v) is 4.65. The number of phenolic OH excluding ortho intramolecular Hbond substituents is 2. The van der Waals surface area contributed by atoms with Crippen molar-refractivity contribution in [1.29, 1.82) is 0 Å². The lowest BCUT2D eigenvalue weighted by Crippen LogP contribution is -2.63. The SMILES string of the molecule is Oc1cccc2cc3c(O)ccc(C(C(F)(F)F)(C(F)(F)F)C(F)(F)F)c3cc12. The topological polar surface area (TPSA) is 40.5 Å². The molecule has 0 saturated carbocycles. The van der Waals surface area contributed by atoms with Gasteiger partial charge in [-0.15, -0.1) is 0 Å². The third kappa shape index (κ3) is 2.82. The fourth-order valence-electron chi connectivity index (χ4n) is 3.35. The molecule has 0 heterocycles. The van der Waals surface area contributed by atoms with Crippen molar-refractivity contribution in [3.8, 4) is 11.5 Å². The summed E-state index contributed by atoms with van der Waals surface area (Å²) in [6.45, 7) is 0. The fraction of sp³-hybridized carbons (Fsp3) is 0.222. The van der Waals surface area contributed by atoms with E-state index in [1.165, 1.54) is 12.1 Å². The van der Waals surface area contributed by atoms with Gasteiger partial charge >= 0.3 is 18.5 Å². The fourth-order valence-corrected chi connectivity index (χ4v) is 3.35. The second-order valence-corrected chi connectivity index (χ2v) is 6.27. The van der Waals surface area contributed by atoms with Gasteiger partial charge in [0.2, 0.25) is 0 Å². The summed E-state index contributed by atoms with van der Waals surface area (Å²) in [5.41, 5.74) is -8.36. The van der Waals surface area contributed by atoms with E-state index in [9.17, 15) is 49.7 Å². The molecular weight excluding hydrogens is 419 g/mol. The highest BCUT2D eigenvalue weighted by molar-refractivity contribution is 6.04. The molecule has 2 nitrogen and oxygen atoms in total. The van der Waals surface area contributed by atoms with E-state index in [0.29, 0.717) is 12.1 Å². The zero-order valence-corrected chi connectivity index (χ0v) is 13.8. The van der Waals surface area contributed by atoms with Crippen molar-refractivity contribution in [3.63, 3.8) is 0 Å². The Bertz CT molecular complexity index is 1060. The average Bonchev–Trinajstić information content (AvgIpc) is 2.53. The van der Waals surface area contributed by atoms with Gasteiger partial charge in [0.25, 0.3) is 5.41 Å². The Morgan fingerprint density at radius 2 is 1.07 bits per heavy atom. The summed E-state index contributed by atoms with van der Waals surface area (Å²) in [4.78, 5) is 0. The van der Waals surface area contributed by atoms with Crippen LogP contribution in [0.25, 0.3) is 21.5 Å². The maximum absolute atomic E-state index is 13.5. The number of phenols is 2. The van der Waals surface area contributed by atoms with E-state index < -0.39 is 51.8 Å². The van der Waals surface area contributed by atoms with E-state index in [4.69, 9.17) is 0 Å². The first-order chi connectivity index (χ1) is 13.1. The maximum atomic E-state index is 13.5. The summed E-state index contributed by atoms with van der Waals surface area (Å²) in [6, 6.07) is 5.41. The minimum absolute atomic E-state index is 0.0576. The van der Waals surface area contributed by atoms with Gasteiger partial charge in [-0.05, 0) is 40.6 Å². The second kappa shape index (κ2) is 6.07. The molecular formula is C18H9F9O2. The molecule has 29 heavy (non-hydrogen) atoms. The summed E-state index contributed by atoms with van der Waals surface area (Å²) in [7, 11) is 0. The summed E-state index contributed by atoms with van der Waals surface area (Å²) in [5, 5.41) is 17.7. The Hall–Kier alpha value is -2.85. The summed E-state index contributed by atoms with van der Waals surface area (Å²) < 4.78 is 122. The van der Waals surface area contributed by atoms with Gasteiger partial charge in [0.1, 0.15) is 11.5 Å². The molecule has 0 bridgehead atoms. The maximum Gasteiger partial charge on any atom is 0.416 e. The van der Waals surface area contributed by atoms with Crippen molar-refractivity contribution in [2.24, 2.45) is 0 Å². The van der Waals surface area contributed by atoms with Crippen LogP contribution in [-0.2, 0) is 5.41 Å². The van der Waals surface area contributed by atoms with Crippen LogP contribution in [0, 0.1) is 0 Å². The number of halogens is 9. The molecule has 0 radical (unpaired) electrons. The highest BCUT2D eigenvalue weighted by Crippen LogP contribution is 2.62. The normalized spacial score (nSPS) is 14.0. The molecule has 0 aliphatic rings. The Balaban J connectivity index is 2.61. The molecule has 2 N–H and O–H groups in total. The van der Waals surface area contributed by atoms with E-state index in [-0.39, 0.29) is 16.8 Å². The molecule has 0 atom stereocenters. The lowest BCUT2D eigenvalue weighted by Gasteiger charge is -2.39. The van der Waals surface area contributed by atoms with Gasteiger partial charge in [0, 0.05) is 10.8 Å². The van der Waals surface area contributed by atoms with Crippen LogP contribution in [0.15, 0.2) is 42.5 Å². The number of rotatable bonds is 1. The highest BCUT2D eigenvalue weighted by Gasteiger charge is 2.84. The largest absolute Gasteiger partial charge is 0.507 e. The van der Waals surface area contributed by atoms with E-state index in [1.54, 1.807) is 0 Å². The van der Waals surface area contributed by atoms with Crippen LogP contribution in [0.1, 0.15) is 5.56 Å². The Kier molecular flexibility index (Phi) is 4.37. The number of aromatic hydroxyl groups is 2. The predicted octanol–water partition coefficient (Wildman–Crippen LogP) is 6.33. The number of alkyl halides is 9. The van der Waals surface area contributed by atoms with Crippen LogP contribution in [0.2, 0.25) is 0 Å². The van der Waals surface area contributed by atoms with Crippen LogP contribution < -0.4 is 0 Å². The first-order valence-corrected chi connectivity index (χ1v) is 7.71. The smallest absolute Gasteiger partial charge is 0.416 e. The first-order valence-electron chi connectivity index (χ1n) is 7.71. The van der Waals surface area contributed by atoms with Crippen molar-refractivity contribution in [1.82, 2.24) is 0 Å². The molecule has 11 heteroatoms. The molecule has 0 fully saturated rings. The van der Waals surface area contributed by atoms with Crippen molar-refractivity contribution in [2.75, 3.05) is 0 Å². The summed E-state index contributed by atoms with van der Waals surface area (Å²) >= 11 is 0. The van der Waals surface area contributed by atoms with Gasteiger partial charge in [-0.25, -0.2) is 0 Å². The van der Waals surface area contributed by atoms with Crippen LogP contribution in [0.3, 0.4) is 0 Å². The molecule has 0 unspecified atom stereocenters. The van der Waals surface area contributed by atoms with Gasteiger partial charge in [-0.1, -0.05) is 18.2 Å². The standard InChI is InChI=1S/C18H9F9O2/c19-16(20,21)15(17(22,23)24,18(25,26)27)12-4-5-14(29)11-6-8-2-1-3-13(28)9(8)7-10(11)12/h1-7,28-29H. The van der Waals surface area contributed by atoms with E-state index in [2.05, 4.69) is 0 Å². The van der Waals surface area contributed by atoms with Crippen molar-refractivity contribution in [3.05, 3.63) is 48.0 Å². The average molecular weight is 428 g/mol. The van der Waals surface area contributed by atoms with Gasteiger partial charge < -0.3 is 10.2 Å². The predicted molar refractivity (Wildman–Crippen MR) is 84.6 cm³/mol. The van der Waals surface area contributed by atoms with Crippen LogP contribution in [-0.4, -0.2) is 28.7 Å². The monoisotopic (exact) mass is 428 g/mol. The Labute approximate surface area is 155 Å². The molecule has 156 valence electrons. The number of hydrogen-bond donors (Lipinski definition) is 2. The van der Waals surface area contributed by atoms with E-state index in [0.717, 1.165) is 12.1 Å². The second-order valence-electron chi connectivity index (χ2n) is 6.27. The van der Waals surface area contributed by atoms with Gasteiger partial charge in [0.15, 0.2) is 0 Å². The number of hydrogen-bond acceptors (Lipinski definition) is 2. The number of fused-ring (bicyclic) bond motifs is 2. The Morgan fingerprint density at radius 1 is 0.552 bits per heavy atom. The summed E-state index contributed by atoms with van der Waals surface area (Å²) in [6.07, 6.45) is -20.4. The van der Waals surface area contributed by atoms with Gasteiger partial charge in [-0.2, -0.15) is 39.5 Å². The molecule has 3 aromatic rings. The van der Waals surface area contributed by atoms with Gasteiger partial charge in [0.05, 0.1) is 0 Å². The quantitative estimate of drug-likeness (QED) is 0.351. The highest BCUT2D eigenvalue weighted by atomic mass is 19.4. The van der Waals surface area contributed by atoms with E-state index >= 15 is 0 Å². The number of benzene rings is 3. The minimum Gasteiger partial charge on any atom is -0.507 e. The van der Waals surface area contributed by atoms with Crippen LogP contribution >= 0.6 is 0 Å². The first kappa shape index (κ1) is 20.9. The zero-order chi connectivity index (χ0) is 22.0. The molecule has 0 aliphatic carbocycles. The third-order valence-electron chi connectivity index (χ3n) is 4.65. The molecule has 3 rings (SSSR count). The summed E-state index contributed by atoms with van der Waals surface area (Å²) in [5.74, 6) is -1.40. The van der Waals surface area contributed by atoms with Crippen molar-refractivity contribution < 1.29 is 49.7 Å². The lowest BCUT2D eigenvalue weighted by molar-refractivity contribution is -0.386. The molecule has 0 aliphatic heterocycles.